The van der Waals surface area contributed by atoms with Gasteiger partial charge in [0.1, 0.15) is 0 Å². The summed E-state index contributed by atoms with van der Waals surface area (Å²) in [4.78, 5) is 0. The third-order valence-corrected chi connectivity index (χ3v) is 5.03. The van der Waals surface area contributed by atoms with Crippen LogP contribution >= 0.6 is 0 Å². The van der Waals surface area contributed by atoms with Crippen molar-refractivity contribution in [1.29, 1.82) is 0 Å². The van der Waals surface area contributed by atoms with Crippen molar-refractivity contribution >= 4 is 0 Å². The van der Waals surface area contributed by atoms with E-state index in [9.17, 15) is 5.11 Å². The molecule has 2 aliphatic carbocycles. The van der Waals surface area contributed by atoms with Crippen molar-refractivity contribution in [3.63, 3.8) is 0 Å². The van der Waals surface area contributed by atoms with Crippen LogP contribution in [0.1, 0.15) is 71.1 Å². The average Bonchev–Trinajstić information content (AvgIpc) is 2.73. The highest BCUT2D eigenvalue weighted by Crippen LogP contribution is 2.26. The van der Waals surface area contributed by atoms with Crippen LogP contribution in [-0.2, 0) is 4.74 Å². The van der Waals surface area contributed by atoms with Gasteiger partial charge in [-0.05, 0) is 31.6 Å². The first-order valence-corrected chi connectivity index (χ1v) is 8.78. The lowest BCUT2D eigenvalue weighted by molar-refractivity contribution is -0.0456. The fourth-order valence-corrected chi connectivity index (χ4v) is 3.61. The zero-order valence-electron chi connectivity index (χ0n) is 13.2. The Kier molecular flexibility index (Phi) is 7.32. The second kappa shape index (κ2) is 9.01. The maximum Gasteiger partial charge on any atom is 0.0897 e. The second-order valence-electron chi connectivity index (χ2n) is 6.88. The van der Waals surface area contributed by atoms with Crippen molar-refractivity contribution in [2.75, 3.05) is 13.2 Å². The van der Waals surface area contributed by atoms with Crippen LogP contribution < -0.4 is 5.32 Å². The van der Waals surface area contributed by atoms with Gasteiger partial charge in [0.2, 0.25) is 0 Å². The maximum absolute atomic E-state index is 10.1. The lowest BCUT2D eigenvalue weighted by atomic mass is 9.88. The molecule has 0 aliphatic heterocycles. The first-order valence-electron chi connectivity index (χ1n) is 8.78. The molecule has 3 atom stereocenters. The summed E-state index contributed by atoms with van der Waals surface area (Å²) in [6.45, 7) is 3.46. The minimum absolute atomic E-state index is 0.354. The summed E-state index contributed by atoms with van der Waals surface area (Å²) in [5.74, 6) is 0.658. The molecule has 0 bridgehead atoms. The van der Waals surface area contributed by atoms with E-state index in [0.29, 0.717) is 31.2 Å². The van der Waals surface area contributed by atoms with E-state index < -0.39 is 0 Å². The largest absolute Gasteiger partial charge is 0.389 e. The highest BCUT2D eigenvalue weighted by atomic mass is 16.5. The lowest BCUT2D eigenvalue weighted by Gasteiger charge is -2.29. The second-order valence-corrected chi connectivity index (χ2v) is 6.88. The molecule has 2 saturated carbocycles. The Morgan fingerprint density at radius 3 is 2.35 bits per heavy atom. The van der Waals surface area contributed by atoms with Gasteiger partial charge in [-0.3, -0.25) is 0 Å². The van der Waals surface area contributed by atoms with Gasteiger partial charge in [0.05, 0.1) is 18.8 Å². The van der Waals surface area contributed by atoms with E-state index in [1.165, 1.54) is 64.2 Å². The molecule has 3 unspecified atom stereocenters. The molecule has 20 heavy (non-hydrogen) atoms. The molecule has 0 saturated heterocycles. The minimum Gasteiger partial charge on any atom is -0.389 e. The van der Waals surface area contributed by atoms with Crippen molar-refractivity contribution in [3.8, 4) is 0 Å². The van der Waals surface area contributed by atoms with Crippen molar-refractivity contribution in [3.05, 3.63) is 0 Å². The molecule has 0 radical (unpaired) electrons. The van der Waals surface area contributed by atoms with Gasteiger partial charge in [0.15, 0.2) is 0 Å². The maximum atomic E-state index is 10.1. The van der Waals surface area contributed by atoms with Crippen LogP contribution in [0, 0.1) is 5.92 Å². The van der Waals surface area contributed by atoms with Gasteiger partial charge < -0.3 is 15.2 Å². The molecule has 0 aromatic rings. The first-order chi connectivity index (χ1) is 9.75. The first kappa shape index (κ1) is 16.3. The van der Waals surface area contributed by atoms with Crippen LogP contribution in [0.4, 0.5) is 0 Å². The molecule has 0 heterocycles. The highest BCUT2D eigenvalue weighted by molar-refractivity contribution is 4.75. The zero-order valence-corrected chi connectivity index (χ0v) is 13.2. The molecule has 118 valence electrons. The van der Waals surface area contributed by atoms with E-state index in [4.69, 9.17) is 4.74 Å². The van der Waals surface area contributed by atoms with Crippen LogP contribution in [0.3, 0.4) is 0 Å². The van der Waals surface area contributed by atoms with Crippen LogP contribution in [-0.4, -0.2) is 36.5 Å². The third kappa shape index (κ3) is 5.71. The normalized spacial score (nSPS) is 30.9. The molecule has 2 N–H and O–H groups in total. The number of ether oxygens (including phenoxy) is 1. The summed E-state index contributed by atoms with van der Waals surface area (Å²) in [7, 11) is 0. The van der Waals surface area contributed by atoms with Gasteiger partial charge in [-0.15, -0.1) is 0 Å². The predicted molar refractivity (Wildman–Crippen MR) is 82.9 cm³/mol. The molecule has 0 aromatic carbocycles. The Hall–Kier alpha value is -0.120. The highest BCUT2D eigenvalue weighted by Gasteiger charge is 2.22. The van der Waals surface area contributed by atoms with E-state index in [1.54, 1.807) is 0 Å². The van der Waals surface area contributed by atoms with E-state index in [-0.39, 0.29) is 6.10 Å². The topological polar surface area (TPSA) is 41.5 Å². The molecule has 0 aromatic heterocycles. The van der Waals surface area contributed by atoms with E-state index >= 15 is 0 Å². The smallest absolute Gasteiger partial charge is 0.0897 e. The number of hydrogen-bond acceptors (Lipinski definition) is 3. The molecule has 2 fully saturated rings. The number of rotatable bonds is 6. The third-order valence-electron chi connectivity index (χ3n) is 5.03. The Morgan fingerprint density at radius 1 is 1.00 bits per heavy atom. The molecule has 2 rings (SSSR count). The standard InChI is InChI=1S/C17H33NO2/c1-14-8-6-7-11-17(14)20-13-16(19)12-18-15-9-4-2-3-5-10-15/h14-19H,2-13H2,1H3. The number of nitrogens with one attached hydrogen (secondary N) is 1. The molecule has 0 amide bonds. The lowest BCUT2D eigenvalue weighted by Crippen LogP contribution is -2.38. The Labute approximate surface area is 124 Å². The zero-order chi connectivity index (χ0) is 14.2. The van der Waals surface area contributed by atoms with Gasteiger partial charge in [-0.2, -0.15) is 0 Å². The van der Waals surface area contributed by atoms with Crippen LogP contribution in [0.2, 0.25) is 0 Å². The fourth-order valence-electron chi connectivity index (χ4n) is 3.61. The van der Waals surface area contributed by atoms with Gasteiger partial charge in [-0.1, -0.05) is 45.4 Å². The summed E-state index contributed by atoms with van der Waals surface area (Å²) in [6, 6.07) is 0.612. The van der Waals surface area contributed by atoms with E-state index in [2.05, 4.69) is 12.2 Å². The van der Waals surface area contributed by atoms with Crippen LogP contribution in [0.25, 0.3) is 0 Å². The average molecular weight is 283 g/mol. The van der Waals surface area contributed by atoms with Crippen molar-refractivity contribution in [1.82, 2.24) is 5.32 Å². The SMILES string of the molecule is CC1CCCCC1OCC(O)CNC1CCCCCC1. The number of aliphatic hydroxyl groups is 1. The van der Waals surface area contributed by atoms with Crippen molar-refractivity contribution in [2.24, 2.45) is 5.92 Å². The molecule has 3 nitrogen and oxygen atoms in total. The Morgan fingerprint density at radius 2 is 1.65 bits per heavy atom. The molecule has 3 heteroatoms. The molecule has 0 spiro atoms. The molecular formula is C17H33NO2. The van der Waals surface area contributed by atoms with Crippen molar-refractivity contribution < 1.29 is 9.84 Å². The van der Waals surface area contributed by atoms with Crippen molar-refractivity contribution in [2.45, 2.75) is 89.4 Å². The monoisotopic (exact) mass is 283 g/mol. The van der Waals surface area contributed by atoms with Gasteiger partial charge in [0, 0.05) is 12.6 Å². The van der Waals surface area contributed by atoms with Gasteiger partial charge >= 0.3 is 0 Å². The summed E-state index contributed by atoms with van der Waals surface area (Å²) in [5, 5.41) is 13.6. The van der Waals surface area contributed by atoms with E-state index in [0.717, 1.165) is 0 Å². The predicted octanol–water partition coefficient (Wildman–Crippen LogP) is 3.26. The van der Waals surface area contributed by atoms with Crippen LogP contribution in [0.5, 0.6) is 0 Å². The summed E-state index contributed by atoms with van der Waals surface area (Å²) < 4.78 is 5.93. The van der Waals surface area contributed by atoms with E-state index in [1.807, 2.05) is 0 Å². The quantitative estimate of drug-likeness (QED) is 0.735. The number of aliphatic hydroxyl groups excluding tert-OH is 1. The fraction of sp³-hybridized carbons (Fsp3) is 1.00. The molecular weight excluding hydrogens is 250 g/mol. The molecule has 2 aliphatic rings. The number of hydrogen-bond donors (Lipinski definition) is 2. The van der Waals surface area contributed by atoms with Gasteiger partial charge in [0.25, 0.3) is 0 Å². The Balaban J connectivity index is 1.58. The van der Waals surface area contributed by atoms with Crippen LogP contribution in [0.15, 0.2) is 0 Å². The minimum atomic E-state index is -0.354. The Bertz CT molecular complexity index is 251. The summed E-state index contributed by atoms with van der Waals surface area (Å²) in [6.07, 6.45) is 13.1. The summed E-state index contributed by atoms with van der Waals surface area (Å²) in [5.41, 5.74) is 0. The summed E-state index contributed by atoms with van der Waals surface area (Å²) >= 11 is 0. The van der Waals surface area contributed by atoms with Gasteiger partial charge in [-0.25, -0.2) is 0 Å².